The van der Waals surface area contributed by atoms with Gasteiger partial charge in [-0.25, -0.2) is 4.68 Å². The molecule has 25 heavy (non-hydrogen) atoms. The number of nitrogens with zero attached hydrogens (tertiary/aromatic N) is 4. The van der Waals surface area contributed by atoms with Crippen LogP contribution in [0, 0.1) is 0 Å². The fourth-order valence-electron chi connectivity index (χ4n) is 4.07. The number of nitrogens with one attached hydrogen (secondary N) is 1. The Balaban J connectivity index is 1.38. The van der Waals surface area contributed by atoms with Crippen LogP contribution >= 0.6 is 0 Å². The van der Waals surface area contributed by atoms with E-state index in [1.54, 1.807) is 18.2 Å². The summed E-state index contributed by atoms with van der Waals surface area (Å²) in [5, 5.41) is 11.7. The van der Waals surface area contributed by atoms with E-state index in [2.05, 4.69) is 20.5 Å². The molecule has 2 aliphatic rings. The molecule has 1 N–H and O–H groups in total. The lowest BCUT2D eigenvalue weighted by atomic mass is 9.99. The van der Waals surface area contributed by atoms with Gasteiger partial charge in [0.1, 0.15) is 5.52 Å². The third-order valence-electron chi connectivity index (χ3n) is 5.38. The molecule has 2 saturated heterocycles. The van der Waals surface area contributed by atoms with Gasteiger partial charge in [0.05, 0.1) is 11.9 Å². The van der Waals surface area contributed by atoms with E-state index in [-0.39, 0.29) is 30.5 Å². The quantitative estimate of drug-likeness (QED) is 0.895. The maximum Gasteiger partial charge on any atom is 0.277 e. The molecule has 0 saturated carbocycles. The molecule has 2 fully saturated rings. The molecule has 0 bridgehead atoms. The molecule has 132 valence electrons. The van der Waals surface area contributed by atoms with Crippen LogP contribution in [-0.2, 0) is 11.3 Å². The SMILES string of the molecule is O=C(CCn1nnc2ccccc2c1=O)N[C@H]1CCN2CCCC[C@H]12. The molecule has 2 aromatic rings. The maximum absolute atomic E-state index is 12.4. The number of hydrogen-bond acceptors (Lipinski definition) is 5. The Morgan fingerprint density at radius 1 is 1.20 bits per heavy atom. The van der Waals surface area contributed by atoms with Crippen molar-refractivity contribution >= 4 is 16.8 Å². The number of aryl methyl sites for hydroxylation is 1. The number of rotatable bonds is 4. The van der Waals surface area contributed by atoms with Crippen LogP contribution < -0.4 is 10.9 Å². The van der Waals surface area contributed by atoms with Crippen molar-refractivity contribution in [2.24, 2.45) is 0 Å². The molecule has 2 aliphatic heterocycles. The number of amides is 1. The summed E-state index contributed by atoms with van der Waals surface area (Å²) in [6.07, 6.45) is 4.94. The Morgan fingerprint density at radius 3 is 3.00 bits per heavy atom. The van der Waals surface area contributed by atoms with Crippen molar-refractivity contribution in [3.63, 3.8) is 0 Å². The highest BCUT2D eigenvalue weighted by molar-refractivity contribution is 5.77. The van der Waals surface area contributed by atoms with E-state index in [4.69, 9.17) is 0 Å². The third kappa shape index (κ3) is 3.28. The lowest BCUT2D eigenvalue weighted by molar-refractivity contribution is -0.122. The minimum atomic E-state index is -0.197. The number of carbonyl (C=O) groups is 1. The summed E-state index contributed by atoms with van der Waals surface area (Å²) in [4.78, 5) is 27.2. The Morgan fingerprint density at radius 2 is 2.08 bits per heavy atom. The molecule has 0 unspecified atom stereocenters. The van der Waals surface area contributed by atoms with Crippen molar-refractivity contribution in [2.75, 3.05) is 13.1 Å². The highest BCUT2D eigenvalue weighted by Crippen LogP contribution is 2.27. The van der Waals surface area contributed by atoms with E-state index >= 15 is 0 Å². The first-order valence-corrected chi connectivity index (χ1v) is 9.08. The summed E-state index contributed by atoms with van der Waals surface area (Å²) in [6.45, 7) is 2.48. The highest BCUT2D eigenvalue weighted by Gasteiger charge is 2.36. The molecule has 1 amide bonds. The Kier molecular flexibility index (Phi) is 4.48. The average Bonchev–Trinajstić information content (AvgIpc) is 3.04. The molecule has 1 aromatic heterocycles. The Bertz CT molecular complexity index is 834. The van der Waals surface area contributed by atoms with Crippen LogP contribution in [0.1, 0.15) is 32.1 Å². The smallest absolute Gasteiger partial charge is 0.277 e. The summed E-state index contributed by atoms with van der Waals surface area (Å²) in [5.41, 5.74) is 0.384. The Hall–Kier alpha value is -2.28. The van der Waals surface area contributed by atoms with Gasteiger partial charge in [-0.3, -0.25) is 14.5 Å². The normalized spacial score (nSPS) is 23.5. The second-order valence-electron chi connectivity index (χ2n) is 6.95. The van der Waals surface area contributed by atoms with Crippen LogP contribution in [0.2, 0.25) is 0 Å². The first-order valence-electron chi connectivity index (χ1n) is 9.08. The zero-order valence-electron chi connectivity index (χ0n) is 14.2. The molecule has 4 rings (SSSR count). The molecule has 3 heterocycles. The van der Waals surface area contributed by atoms with Gasteiger partial charge in [-0.15, -0.1) is 5.10 Å². The van der Waals surface area contributed by atoms with E-state index in [0.717, 1.165) is 19.5 Å². The minimum Gasteiger partial charge on any atom is -0.352 e. The number of aromatic nitrogens is 3. The van der Waals surface area contributed by atoms with Crippen molar-refractivity contribution < 1.29 is 4.79 Å². The predicted molar refractivity (Wildman–Crippen MR) is 94.2 cm³/mol. The third-order valence-corrected chi connectivity index (χ3v) is 5.38. The number of fused-ring (bicyclic) bond motifs is 2. The maximum atomic E-state index is 12.4. The van der Waals surface area contributed by atoms with Gasteiger partial charge in [0.15, 0.2) is 0 Å². The number of hydrogen-bond donors (Lipinski definition) is 1. The van der Waals surface area contributed by atoms with E-state index in [0.29, 0.717) is 16.9 Å². The summed E-state index contributed by atoms with van der Waals surface area (Å²) in [7, 11) is 0. The molecule has 1 aromatic carbocycles. The summed E-state index contributed by atoms with van der Waals surface area (Å²) in [6, 6.07) is 7.85. The van der Waals surface area contributed by atoms with Gasteiger partial charge in [-0.1, -0.05) is 23.8 Å². The van der Waals surface area contributed by atoms with Gasteiger partial charge < -0.3 is 5.32 Å². The molecular formula is C18H23N5O2. The minimum absolute atomic E-state index is 0.0146. The molecule has 7 heteroatoms. The van der Waals surface area contributed by atoms with Crippen molar-refractivity contribution in [3.8, 4) is 0 Å². The van der Waals surface area contributed by atoms with Crippen LogP contribution in [0.3, 0.4) is 0 Å². The first kappa shape index (κ1) is 16.2. The van der Waals surface area contributed by atoms with E-state index in [1.165, 1.54) is 23.9 Å². The molecular weight excluding hydrogens is 318 g/mol. The van der Waals surface area contributed by atoms with Crippen molar-refractivity contribution in [1.82, 2.24) is 25.2 Å². The van der Waals surface area contributed by atoms with Gasteiger partial charge in [-0.2, -0.15) is 0 Å². The van der Waals surface area contributed by atoms with Gasteiger partial charge in [-0.05, 0) is 37.9 Å². The summed E-state index contributed by atoms with van der Waals surface area (Å²) in [5.74, 6) is -0.0146. The van der Waals surface area contributed by atoms with Crippen LogP contribution in [-0.4, -0.2) is 51.0 Å². The lowest BCUT2D eigenvalue weighted by Gasteiger charge is -2.32. The number of carbonyl (C=O) groups excluding carboxylic acids is 1. The number of benzene rings is 1. The zero-order chi connectivity index (χ0) is 17.2. The zero-order valence-corrected chi connectivity index (χ0v) is 14.2. The van der Waals surface area contributed by atoms with Crippen LogP contribution in [0.25, 0.3) is 10.9 Å². The fourth-order valence-corrected chi connectivity index (χ4v) is 4.07. The van der Waals surface area contributed by atoms with Crippen molar-refractivity contribution in [1.29, 1.82) is 0 Å². The van der Waals surface area contributed by atoms with Gasteiger partial charge in [0.25, 0.3) is 5.56 Å². The highest BCUT2D eigenvalue weighted by atomic mass is 16.2. The van der Waals surface area contributed by atoms with Crippen molar-refractivity contribution in [3.05, 3.63) is 34.6 Å². The van der Waals surface area contributed by atoms with Crippen LogP contribution in [0.5, 0.6) is 0 Å². The lowest BCUT2D eigenvalue weighted by Crippen LogP contribution is -2.47. The average molecular weight is 341 g/mol. The summed E-state index contributed by atoms with van der Waals surface area (Å²) >= 11 is 0. The monoisotopic (exact) mass is 341 g/mol. The summed E-state index contributed by atoms with van der Waals surface area (Å²) < 4.78 is 1.28. The topological polar surface area (TPSA) is 80.1 Å². The van der Waals surface area contributed by atoms with Crippen molar-refractivity contribution in [2.45, 2.75) is 50.7 Å². The molecule has 0 radical (unpaired) electrons. The second kappa shape index (κ2) is 6.92. The molecule has 0 spiro atoms. The Labute approximate surface area is 146 Å². The molecule has 0 aliphatic carbocycles. The fraction of sp³-hybridized carbons (Fsp3) is 0.556. The first-order chi connectivity index (χ1) is 12.2. The van der Waals surface area contributed by atoms with Gasteiger partial charge in [0, 0.05) is 25.0 Å². The van der Waals surface area contributed by atoms with E-state index in [1.807, 2.05) is 6.07 Å². The van der Waals surface area contributed by atoms with Gasteiger partial charge >= 0.3 is 0 Å². The largest absolute Gasteiger partial charge is 0.352 e. The van der Waals surface area contributed by atoms with Crippen LogP contribution in [0.15, 0.2) is 29.1 Å². The van der Waals surface area contributed by atoms with E-state index in [9.17, 15) is 9.59 Å². The standard InChI is InChI=1S/C18H23N5O2/c24-17(19-15-8-11-22-10-4-3-7-16(15)22)9-12-23-18(25)13-5-1-2-6-14(13)20-21-23/h1-2,5-6,15-16H,3-4,7-12H2,(H,19,24)/t15-,16+/m0/s1. The molecule has 7 nitrogen and oxygen atoms in total. The van der Waals surface area contributed by atoms with Gasteiger partial charge in [0.2, 0.25) is 5.91 Å². The molecule has 2 atom stereocenters. The second-order valence-corrected chi connectivity index (χ2v) is 6.95. The predicted octanol–water partition coefficient (Wildman–Crippen LogP) is 0.925. The van der Waals surface area contributed by atoms with E-state index < -0.39 is 0 Å². The number of piperidine rings is 1. The van der Waals surface area contributed by atoms with Crippen LogP contribution in [0.4, 0.5) is 0 Å².